The topological polar surface area (TPSA) is 70.3 Å². The normalized spacial score (nSPS) is 11.0. The summed E-state index contributed by atoms with van der Waals surface area (Å²) in [6.07, 6.45) is 3.29. The second kappa shape index (κ2) is 8.89. The van der Waals surface area contributed by atoms with E-state index < -0.39 is 8.09 Å². The van der Waals surface area contributed by atoms with Crippen LogP contribution in [0.2, 0.25) is 0 Å². The van der Waals surface area contributed by atoms with Crippen LogP contribution in [-0.4, -0.2) is 6.61 Å². The predicted octanol–water partition coefficient (Wildman–Crippen LogP) is 3.79. The van der Waals surface area contributed by atoms with Crippen molar-refractivity contribution < 1.29 is 4.52 Å². The molecular formula is C5H13N4OP2+. The second-order valence-corrected chi connectivity index (χ2v) is 3.95. The molecule has 12 heavy (non-hydrogen) atoms. The minimum Gasteiger partial charge on any atom is -0.150 e. The molecule has 0 fully saturated rings. The molecule has 0 rings (SSSR count). The highest BCUT2D eigenvalue weighted by Gasteiger charge is 2.10. The first-order chi connectivity index (χ1) is 5.85. The molecule has 0 saturated carbocycles. The lowest BCUT2D eigenvalue weighted by Crippen LogP contribution is -1.84. The number of unbranched alkanes of at least 4 members (excludes halogenated alkanes) is 2. The molecule has 2 unspecified atom stereocenters. The van der Waals surface area contributed by atoms with Gasteiger partial charge in [0.2, 0.25) is 0 Å². The molecule has 0 aromatic rings. The maximum atomic E-state index is 8.10. The van der Waals surface area contributed by atoms with E-state index in [-0.39, 0.29) is 0 Å². The zero-order valence-electron chi connectivity index (χ0n) is 7.05. The third-order valence-electron chi connectivity index (χ3n) is 1.17. The third-order valence-corrected chi connectivity index (χ3v) is 2.61. The SMILES string of the molecule is CCCCCO[P+](N=[N+]=[N-])=NP. The lowest BCUT2D eigenvalue weighted by molar-refractivity contribution is 0.343. The fraction of sp³-hybridized carbons (Fsp3) is 1.00. The van der Waals surface area contributed by atoms with E-state index in [0.717, 1.165) is 19.3 Å². The van der Waals surface area contributed by atoms with E-state index in [2.05, 4.69) is 30.6 Å². The molecule has 0 spiro atoms. The van der Waals surface area contributed by atoms with Crippen molar-refractivity contribution in [2.75, 3.05) is 6.61 Å². The molecule has 0 bridgehead atoms. The summed E-state index contributed by atoms with van der Waals surface area (Å²) in [5, 5.41) is 0. The van der Waals surface area contributed by atoms with Gasteiger partial charge >= 0.3 is 8.09 Å². The van der Waals surface area contributed by atoms with Crippen LogP contribution in [0.15, 0.2) is 9.40 Å². The summed E-state index contributed by atoms with van der Waals surface area (Å²) in [5.41, 5.74) is 8.10. The van der Waals surface area contributed by atoms with E-state index >= 15 is 0 Å². The monoisotopic (exact) mass is 207 g/mol. The van der Waals surface area contributed by atoms with Gasteiger partial charge in [-0.05, 0) is 6.42 Å². The van der Waals surface area contributed by atoms with Crippen molar-refractivity contribution in [1.29, 1.82) is 0 Å². The Morgan fingerprint density at radius 3 is 2.83 bits per heavy atom. The van der Waals surface area contributed by atoms with Crippen LogP contribution in [0.1, 0.15) is 26.2 Å². The Morgan fingerprint density at radius 2 is 2.33 bits per heavy atom. The Hall–Kier alpha value is -0.200. The molecule has 5 nitrogen and oxygen atoms in total. The summed E-state index contributed by atoms with van der Waals surface area (Å²) >= 11 is 0. The number of azide groups is 1. The Balaban J connectivity index is 3.53. The van der Waals surface area contributed by atoms with Crippen LogP contribution in [-0.2, 0) is 4.52 Å². The molecule has 0 aliphatic rings. The van der Waals surface area contributed by atoms with E-state index in [1.807, 2.05) is 0 Å². The zero-order valence-corrected chi connectivity index (χ0v) is 9.10. The molecule has 2 atom stereocenters. The maximum Gasteiger partial charge on any atom is 0.503 e. The van der Waals surface area contributed by atoms with Crippen molar-refractivity contribution in [2.45, 2.75) is 26.2 Å². The third kappa shape index (κ3) is 6.51. The lowest BCUT2D eigenvalue weighted by atomic mass is 10.3. The first-order valence-corrected chi connectivity index (χ1v) is 5.42. The number of rotatable bonds is 6. The van der Waals surface area contributed by atoms with Crippen molar-refractivity contribution in [1.82, 2.24) is 0 Å². The number of hydrogen-bond acceptors (Lipinski definition) is 2. The average Bonchev–Trinajstić information content (AvgIpc) is 2.10. The second-order valence-electron chi connectivity index (χ2n) is 2.09. The molecule has 0 N–H and O–H groups in total. The van der Waals surface area contributed by atoms with Gasteiger partial charge in [-0.1, -0.05) is 24.3 Å². The highest BCUT2D eigenvalue weighted by Crippen LogP contribution is 2.31. The van der Waals surface area contributed by atoms with Crippen LogP contribution >= 0.6 is 17.5 Å². The van der Waals surface area contributed by atoms with Gasteiger partial charge in [-0.15, -0.1) is 4.52 Å². The molecule has 0 aliphatic carbocycles. The summed E-state index contributed by atoms with van der Waals surface area (Å²) in [7, 11) is 0.875. The Morgan fingerprint density at radius 1 is 1.58 bits per heavy atom. The highest BCUT2D eigenvalue weighted by molar-refractivity contribution is 7.45. The van der Waals surface area contributed by atoms with Gasteiger partial charge in [-0.3, -0.25) is 0 Å². The summed E-state index contributed by atoms with van der Waals surface area (Å²) in [6.45, 7) is 2.74. The van der Waals surface area contributed by atoms with Crippen LogP contribution < -0.4 is 0 Å². The molecule has 0 amide bonds. The number of nitrogens with zero attached hydrogens (tertiary/aromatic N) is 4. The van der Waals surface area contributed by atoms with Crippen LogP contribution in [0, 0.1) is 0 Å². The van der Waals surface area contributed by atoms with Crippen molar-refractivity contribution in [2.24, 2.45) is 9.40 Å². The van der Waals surface area contributed by atoms with Crippen LogP contribution in [0.4, 0.5) is 0 Å². The van der Waals surface area contributed by atoms with Crippen LogP contribution in [0.3, 0.4) is 0 Å². The maximum absolute atomic E-state index is 8.10. The predicted molar refractivity (Wildman–Crippen MR) is 53.7 cm³/mol. The van der Waals surface area contributed by atoms with Crippen molar-refractivity contribution >= 4 is 17.5 Å². The van der Waals surface area contributed by atoms with Gasteiger partial charge in [0.15, 0.2) is 4.88 Å². The molecule has 0 heterocycles. The minimum atomic E-state index is -1.28. The zero-order chi connectivity index (χ0) is 9.23. The molecule has 0 aliphatic heterocycles. The summed E-state index contributed by atoms with van der Waals surface area (Å²) < 4.78 is 8.90. The molecule has 0 saturated heterocycles. The summed E-state index contributed by atoms with van der Waals surface area (Å²) in [6, 6.07) is 0. The van der Waals surface area contributed by atoms with E-state index in [1.165, 1.54) is 0 Å². The molecular weight excluding hydrogens is 194 g/mol. The van der Waals surface area contributed by atoms with Crippen molar-refractivity contribution in [3.63, 3.8) is 0 Å². The van der Waals surface area contributed by atoms with Gasteiger partial charge < -0.3 is 0 Å². The Labute approximate surface area is 75.4 Å². The minimum absolute atomic E-state index is 0.621. The van der Waals surface area contributed by atoms with Crippen molar-refractivity contribution in [3.8, 4) is 0 Å². The average molecular weight is 207 g/mol. The van der Waals surface area contributed by atoms with E-state index in [1.54, 1.807) is 0 Å². The quantitative estimate of drug-likeness (QED) is 0.215. The van der Waals surface area contributed by atoms with Gasteiger partial charge in [0, 0.05) is 19.8 Å². The fourth-order valence-corrected chi connectivity index (χ4v) is 1.48. The van der Waals surface area contributed by atoms with Gasteiger partial charge in [-0.2, -0.15) is 0 Å². The van der Waals surface area contributed by atoms with Gasteiger partial charge in [0.1, 0.15) is 6.61 Å². The van der Waals surface area contributed by atoms with Gasteiger partial charge in [-0.25, -0.2) is 0 Å². The van der Waals surface area contributed by atoms with Crippen molar-refractivity contribution in [3.05, 3.63) is 10.4 Å². The van der Waals surface area contributed by atoms with Gasteiger partial charge in [0.25, 0.3) is 0 Å². The van der Waals surface area contributed by atoms with E-state index in [9.17, 15) is 0 Å². The van der Waals surface area contributed by atoms with Gasteiger partial charge in [0.05, 0.1) is 0 Å². The van der Waals surface area contributed by atoms with Crippen LogP contribution in [0.25, 0.3) is 10.4 Å². The highest BCUT2D eigenvalue weighted by atomic mass is 31.1. The van der Waals surface area contributed by atoms with Crippen LogP contribution in [0.5, 0.6) is 0 Å². The van der Waals surface area contributed by atoms with E-state index in [0.29, 0.717) is 6.61 Å². The van der Waals surface area contributed by atoms with E-state index in [4.69, 9.17) is 10.1 Å². The standard InChI is InChI=1S/C5H13N4OP2/c1-2-3-4-5-10-12(9-11)8-7-6/h2-5,11H2,1H3/q+1. The first-order valence-electron chi connectivity index (χ1n) is 3.74. The molecule has 0 radical (unpaired) electrons. The largest absolute Gasteiger partial charge is 0.503 e. The Kier molecular flexibility index (Phi) is 8.74. The summed E-state index contributed by atoms with van der Waals surface area (Å²) in [5.74, 6) is 0. The smallest absolute Gasteiger partial charge is 0.150 e. The fourth-order valence-electron chi connectivity index (χ4n) is 0.615. The molecule has 68 valence electrons. The number of hydrogen-bond donors (Lipinski definition) is 0. The molecule has 0 aromatic carbocycles. The molecule has 7 heteroatoms. The summed E-state index contributed by atoms with van der Waals surface area (Å²) in [4.78, 5) is 6.00. The molecule has 0 aromatic heterocycles. The Bertz CT molecular complexity index is 190. The lowest BCUT2D eigenvalue weighted by Gasteiger charge is -1.90. The first kappa shape index (κ1) is 11.8.